The van der Waals surface area contributed by atoms with Crippen LogP contribution < -0.4 is 9.80 Å². The van der Waals surface area contributed by atoms with E-state index in [1.165, 1.54) is 9.80 Å². The number of benzene rings is 6. The zero-order chi connectivity index (χ0) is 28.5. The molecule has 0 saturated heterocycles. The van der Waals surface area contributed by atoms with E-state index in [2.05, 4.69) is 0 Å². The molecule has 2 aliphatic heterocycles. The Morgan fingerprint density at radius 1 is 0.476 bits per heavy atom. The Hall–Kier alpha value is -5.59. The van der Waals surface area contributed by atoms with Gasteiger partial charge < -0.3 is 5.11 Å². The topological polar surface area (TPSA) is 77.9 Å². The number of amides is 3. The molecule has 0 aromatic heterocycles. The summed E-state index contributed by atoms with van der Waals surface area (Å²) in [6.45, 7) is 0. The molecule has 0 spiro atoms. The first kappa shape index (κ1) is 24.2. The van der Waals surface area contributed by atoms with Crippen molar-refractivity contribution in [2.45, 2.75) is 6.23 Å². The molecule has 6 heteroatoms. The molecular formula is C36H22N2O4. The van der Waals surface area contributed by atoms with Crippen LogP contribution in [0.3, 0.4) is 0 Å². The average Bonchev–Trinajstić information content (AvgIpc) is 3.03. The van der Waals surface area contributed by atoms with Crippen LogP contribution in [0.25, 0.3) is 32.7 Å². The van der Waals surface area contributed by atoms with Crippen LogP contribution in [0.1, 0.15) is 42.9 Å². The van der Waals surface area contributed by atoms with Crippen LogP contribution in [0.4, 0.5) is 11.4 Å². The largest absolute Gasteiger partial charge is 0.369 e. The van der Waals surface area contributed by atoms with Gasteiger partial charge in [0.05, 0.1) is 5.69 Å². The van der Waals surface area contributed by atoms with Crippen LogP contribution in [0.2, 0.25) is 0 Å². The molecule has 0 radical (unpaired) electrons. The van der Waals surface area contributed by atoms with Crippen molar-refractivity contribution in [3.8, 4) is 11.1 Å². The summed E-state index contributed by atoms with van der Waals surface area (Å²) in [6, 6.07) is 36.9. The average molecular weight is 547 g/mol. The summed E-state index contributed by atoms with van der Waals surface area (Å²) in [5.74, 6) is -0.941. The van der Waals surface area contributed by atoms with Crippen LogP contribution in [0.5, 0.6) is 0 Å². The minimum Gasteiger partial charge on any atom is -0.369 e. The van der Waals surface area contributed by atoms with Crippen LogP contribution >= 0.6 is 0 Å². The Kier molecular flexibility index (Phi) is 5.17. The van der Waals surface area contributed by atoms with Gasteiger partial charge in [0.2, 0.25) is 0 Å². The summed E-state index contributed by atoms with van der Waals surface area (Å²) in [5, 5.41) is 14.5. The molecule has 2 heterocycles. The van der Waals surface area contributed by atoms with Crippen molar-refractivity contribution in [1.82, 2.24) is 0 Å². The summed E-state index contributed by atoms with van der Waals surface area (Å²) >= 11 is 0. The second kappa shape index (κ2) is 8.96. The van der Waals surface area contributed by atoms with Gasteiger partial charge in [-0.25, -0.2) is 4.90 Å². The highest BCUT2D eigenvalue weighted by molar-refractivity contribution is 6.35. The van der Waals surface area contributed by atoms with Gasteiger partial charge in [-0.05, 0) is 64.4 Å². The van der Waals surface area contributed by atoms with Gasteiger partial charge in [-0.2, -0.15) is 0 Å². The predicted molar refractivity (Wildman–Crippen MR) is 163 cm³/mol. The summed E-state index contributed by atoms with van der Waals surface area (Å²) in [6.07, 6.45) is -1.10. The van der Waals surface area contributed by atoms with Gasteiger partial charge in [0.25, 0.3) is 17.7 Å². The maximum atomic E-state index is 13.5. The van der Waals surface area contributed by atoms with Gasteiger partial charge in [-0.3, -0.25) is 19.3 Å². The maximum Gasteiger partial charge on any atom is 0.265 e. The molecule has 3 amide bonds. The normalized spacial score (nSPS) is 16.0. The van der Waals surface area contributed by atoms with E-state index in [9.17, 15) is 19.5 Å². The van der Waals surface area contributed by atoms with Crippen LogP contribution in [-0.2, 0) is 0 Å². The van der Waals surface area contributed by atoms with Gasteiger partial charge >= 0.3 is 0 Å². The maximum absolute atomic E-state index is 13.5. The van der Waals surface area contributed by atoms with E-state index in [0.29, 0.717) is 39.0 Å². The lowest BCUT2D eigenvalue weighted by molar-refractivity contribution is 0.0872. The highest BCUT2D eigenvalue weighted by Gasteiger charge is 2.35. The van der Waals surface area contributed by atoms with E-state index >= 15 is 0 Å². The predicted octanol–water partition coefficient (Wildman–Crippen LogP) is 7.11. The number of hydrogen-bond donors (Lipinski definition) is 1. The number of rotatable bonds is 3. The van der Waals surface area contributed by atoms with Crippen LogP contribution in [0, 0.1) is 0 Å². The number of anilines is 2. The first-order valence-electron chi connectivity index (χ1n) is 13.7. The Morgan fingerprint density at radius 2 is 0.929 bits per heavy atom. The van der Waals surface area contributed by atoms with Gasteiger partial charge in [0.15, 0.2) is 6.23 Å². The molecule has 6 aromatic carbocycles. The van der Waals surface area contributed by atoms with Crippen molar-refractivity contribution in [2.75, 3.05) is 9.80 Å². The third-order valence-electron chi connectivity index (χ3n) is 8.28. The monoisotopic (exact) mass is 546 g/mol. The molecular weight excluding hydrogens is 524 g/mol. The molecule has 1 atom stereocenters. The highest BCUT2D eigenvalue weighted by Crippen LogP contribution is 2.39. The highest BCUT2D eigenvalue weighted by atomic mass is 16.3. The van der Waals surface area contributed by atoms with E-state index < -0.39 is 6.23 Å². The lowest BCUT2D eigenvalue weighted by Gasteiger charge is -2.33. The molecule has 6 aromatic rings. The molecule has 42 heavy (non-hydrogen) atoms. The number of aliphatic hydroxyl groups is 1. The lowest BCUT2D eigenvalue weighted by Crippen LogP contribution is -2.40. The molecule has 0 aliphatic carbocycles. The SMILES string of the molecule is O=C1c2cccc3cccc(c23)C(=O)N1c1ccc(-c2ccc(N3C(=O)c4cccc5cccc(c45)C3O)cc2)cc1. The fraction of sp³-hybridized carbons (Fsp3) is 0.0278. The molecule has 2 aliphatic rings. The smallest absolute Gasteiger partial charge is 0.265 e. The lowest BCUT2D eigenvalue weighted by atomic mass is 9.93. The Bertz CT molecular complexity index is 2060. The second-order valence-corrected chi connectivity index (χ2v) is 10.5. The summed E-state index contributed by atoms with van der Waals surface area (Å²) in [7, 11) is 0. The van der Waals surface area contributed by atoms with Gasteiger partial charge in [-0.1, -0.05) is 78.9 Å². The fourth-order valence-corrected chi connectivity index (χ4v) is 6.28. The van der Waals surface area contributed by atoms with Crippen LogP contribution in [-0.4, -0.2) is 22.8 Å². The summed E-state index contributed by atoms with van der Waals surface area (Å²) in [5.41, 5.74) is 5.12. The molecule has 6 nitrogen and oxygen atoms in total. The number of nitrogens with zero attached hydrogens (tertiary/aromatic N) is 2. The Balaban J connectivity index is 1.09. The van der Waals surface area contributed by atoms with Crippen molar-refractivity contribution in [3.05, 3.63) is 144 Å². The van der Waals surface area contributed by atoms with Crippen molar-refractivity contribution >= 4 is 50.6 Å². The number of aliphatic hydroxyl groups excluding tert-OH is 1. The minimum atomic E-state index is -1.10. The Morgan fingerprint density at radius 3 is 1.48 bits per heavy atom. The van der Waals surface area contributed by atoms with Gasteiger partial charge in [0, 0.05) is 38.7 Å². The molecule has 0 saturated carbocycles. The number of imide groups is 1. The number of hydrogen-bond acceptors (Lipinski definition) is 4. The van der Waals surface area contributed by atoms with E-state index in [4.69, 9.17) is 0 Å². The number of carbonyl (C=O) groups is 3. The van der Waals surface area contributed by atoms with E-state index in [-0.39, 0.29) is 17.7 Å². The molecule has 8 rings (SSSR count). The summed E-state index contributed by atoms with van der Waals surface area (Å²) in [4.78, 5) is 42.9. The molecule has 0 fully saturated rings. The fourth-order valence-electron chi connectivity index (χ4n) is 6.28. The van der Waals surface area contributed by atoms with Crippen molar-refractivity contribution < 1.29 is 19.5 Å². The Labute approximate surface area is 240 Å². The standard InChI is InChI=1S/C36H22N2O4/c39-33-27-9-1-5-23-6-2-10-28(31(23)27)34(40)37(33)25-17-13-21(14-18-25)22-15-19-26(20-16-22)38-35(41)29-11-3-7-24-8-4-12-30(32(24)29)36(38)42/h1-20,33,39H. The van der Waals surface area contributed by atoms with Gasteiger partial charge in [-0.15, -0.1) is 0 Å². The first-order valence-corrected chi connectivity index (χ1v) is 13.7. The van der Waals surface area contributed by atoms with Gasteiger partial charge in [0.1, 0.15) is 0 Å². The van der Waals surface area contributed by atoms with Crippen molar-refractivity contribution in [1.29, 1.82) is 0 Å². The zero-order valence-electron chi connectivity index (χ0n) is 22.2. The van der Waals surface area contributed by atoms with Crippen LogP contribution in [0.15, 0.2) is 121 Å². The third kappa shape index (κ3) is 3.39. The molecule has 200 valence electrons. The minimum absolute atomic E-state index is 0.253. The quantitative estimate of drug-likeness (QED) is 0.240. The zero-order valence-corrected chi connectivity index (χ0v) is 22.2. The van der Waals surface area contributed by atoms with Crippen molar-refractivity contribution in [3.63, 3.8) is 0 Å². The van der Waals surface area contributed by atoms with E-state index in [1.807, 2.05) is 91.0 Å². The third-order valence-corrected chi connectivity index (χ3v) is 8.28. The molecule has 1 unspecified atom stereocenters. The number of carbonyl (C=O) groups excluding carboxylic acids is 3. The molecule has 1 N–H and O–H groups in total. The summed E-state index contributed by atoms with van der Waals surface area (Å²) < 4.78 is 0. The second-order valence-electron chi connectivity index (χ2n) is 10.5. The van der Waals surface area contributed by atoms with E-state index in [1.54, 1.807) is 30.3 Å². The molecule has 0 bridgehead atoms. The van der Waals surface area contributed by atoms with E-state index in [0.717, 1.165) is 27.3 Å². The first-order chi connectivity index (χ1) is 20.5. The van der Waals surface area contributed by atoms with Crippen molar-refractivity contribution in [2.24, 2.45) is 0 Å².